The minimum atomic E-state index is -0.647. The number of fused-ring (bicyclic) bond motifs is 2. The lowest BCUT2D eigenvalue weighted by atomic mass is 10.0. The Morgan fingerprint density at radius 2 is 2.00 bits per heavy atom. The second kappa shape index (κ2) is 7.55. The van der Waals surface area contributed by atoms with Gasteiger partial charge >= 0.3 is 0 Å². The van der Waals surface area contributed by atoms with Crippen molar-refractivity contribution >= 4 is 28.7 Å². The summed E-state index contributed by atoms with van der Waals surface area (Å²) in [5.74, 6) is 0.333. The summed E-state index contributed by atoms with van der Waals surface area (Å²) in [5, 5.41) is 11.7. The molecule has 34 heavy (non-hydrogen) atoms. The molecule has 4 heterocycles. The number of nitrogens with zero attached hydrogens (tertiary/aromatic N) is 4. The fourth-order valence-electron chi connectivity index (χ4n) is 4.47. The largest absolute Gasteiger partial charge is 0.497 e. The van der Waals surface area contributed by atoms with Crippen LogP contribution in [0.2, 0.25) is 0 Å². The minimum absolute atomic E-state index is 0.215. The number of amides is 3. The number of ether oxygens (including phenoxy) is 1. The molecule has 0 saturated carbocycles. The summed E-state index contributed by atoms with van der Waals surface area (Å²) >= 11 is 0. The number of carbonyl (C=O) groups is 3. The summed E-state index contributed by atoms with van der Waals surface area (Å²) in [6.07, 6.45) is 2.30. The topological polar surface area (TPSA) is 120 Å². The normalized spacial score (nSPS) is 17.9. The van der Waals surface area contributed by atoms with E-state index in [-0.39, 0.29) is 18.2 Å². The van der Waals surface area contributed by atoms with Crippen LogP contribution in [0.3, 0.4) is 0 Å². The summed E-state index contributed by atoms with van der Waals surface area (Å²) < 4.78 is 12.8. The molecule has 2 aliphatic rings. The smallest absolute Gasteiger partial charge is 0.255 e. The van der Waals surface area contributed by atoms with E-state index in [0.29, 0.717) is 41.3 Å². The SMILES string of the molecule is COc1ccc2cc(-c3cn(-c4ccc5c(c4)CN(C4CCC(=O)NC4=O)C5=O)nn3)oc2c1. The van der Waals surface area contributed by atoms with Gasteiger partial charge in [-0.15, -0.1) is 5.10 Å². The molecule has 3 amide bonds. The van der Waals surface area contributed by atoms with Gasteiger partial charge in [0.2, 0.25) is 11.8 Å². The van der Waals surface area contributed by atoms with Crippen molar-refractivity contribution in [2.75, 3.05) is 7.11 Å². The number of nitrogens with one attached hydrogen (secondary N) is 1. The second-order valence-corrected chi connectivity index (χ2v) is 8.30. The van der Waals surface area contributed by atoms with Crippen molar-refractivity contribution < 1.29 is 23.5 Å². The average molecular weight is 457 g/mol. The Labute approximate surface area is 193 Å². The van der Waals surface area contributed by atoms with Crippen LogP contribution in [0.4, 0.5) is 0 Å². The lowest BCUT2D eigenvalue weighted by molar-refractivity contribution is -0.136. The minimum Gasteiger partial charge on any atom is -0.497 e. The van der Waals surface area contributed by atoms with Crippen LogP contribution in [-0.2, 0) is 16.1 Å². The van der Waals surface area contributed by atoms with Gasteiger partial charge in [0, 0.05) is 30.0 Å². The molecule has 10 nitrogen and oxygen atoms in total. The molecular weight excluding hydrogens is 438 g/mol. The third-order valence-electron chi connectivity index (χ3n) is 6.24. The summed E-state index contributed by atoms with van der Waals surface area (Å²) in [6, 6.07) is 12.2. The average Bonchev–Trinajstić information content (AvgIpc) is 3.55. The lowest BCUT2D eigenvalue weighted by Crippen LogP contribution is -2.52. The second-order valence-electron chi connectivity index (χ2n) is 8.30. The van der Waals surface area contributed by atoms with Crippen LogP contribution in [0.5, 0.6) is 5.75 Å². The summed E-state index contributed by atoms with van der Waals surface area (Å²) in [5.41, 5.74) is 3.32. The lowest BCUT2D eigenvalue weighted by Gasteiger charge is -2.29. The number of hydrogen-bond donors (Lipinski definition) is 1. The monoisotopic (exact) mass is 457 g/mol. The van der Waals surface area contributed by atoms with Gasteiger partial charge in [0.15, 0.2) is 5.76 Å². The first-order valence-corrected chi connectivity index (χ1v) is 10.8. The summed E-state index contributed by atoms with van der Waals surface area (Å²) in [7, 11) is 1.60. The van der Waals surface area contributed by atoms with Crippen LogP contribution < -0.4 is 10.1 Å². The molecule has 4 aromatic rings. The Morgan fingerprint density at radius 3 is 2.82 bits per heavy atom. The molecule has 0 aliphatic carbocycles. The van der Waals surface area contributed by atoms with Crippen LogP contribution in [0, 0.1) is 0 Å². The number of carbonyl (C=O) groups excluding carboxylic acids is 3. The highest BCUT2D eigenvalue weighted by Gasteiger charge is 2.39. The number of hydrogen-bond acceptors (Lipinski definition) is 7. The van der Waals surface area contributed by atoms with Gasteiger partial charge in [-0.2, -0.15) is 0 Å². The molecule has 0 bridgehead atoms. The first kappa shape index (κ1) is 20.2. The number of benzene rings is 2. The highest BCUT2D eigenvalue weighted by Crippen LogP contribution is 2.31. The number of piperidine rings is 1. The van der Waals surface area contributed by atoms with Gasteiger partial charge in [0.1, 0.15) is 23.1 Å². The molecule has 1 atom stereocenters. The first-order chi connectivity index (χ1) is 16.5. The van der Waals surface area contributed by atoms with E-state index < -0.39 is 11.9 Å². The molecule has 170 valence electrons. The van der Waals surface area contributed by atoms with E-state index >= 15 is 0 Å². The standard InChI is InChI=1S/C24H19N5O5/c1-33-16-4-2-13-9-21(34-20(13)10-16)18-12-29(27-26-18)15-3-5-17-14(8-15)11-28(24(17)32)19-6-7-22(30)25-23(19)31/h2-5,8-10,12,19H,6-7,11H2,1H3,(H,25,30,31). The van der Waals surface area contributed by atoms with Crippen molar-refractivity contribution in [3.05, 3.63) is 59.8 Å². The molecule has 1 N–H and O–H groups in total. The van der Waals surface area contributed by atoms with Gasteiger partial charge in [0.05, 0.1) is 19.0 Å². The fraction of sp³-hybridized carbons (Fsp3) is 0.208. The van der Waals surface area contributed by atoms with Crippen LogP contribution in [-0.4, -0.2) is 50.8 Å². The highest BCUT2D eigenvalue weighted by molar-refractivity contribution is 6.05. The van der Waals surface area contributed by atoms with Crippen molar-refractivity contribution in [2.24, 2.45) is 0 Å². The summed E-state index contributed by atoms with van der Waals surface area (Å²) in [4.78, 5) is 38.1. The van der Waals surface area contributed by atoms with Crippen LogP contribution >= 0.6 is 0 Å². The summed E-state index contributed by atoms with van der Waals surface area (Å²) in [6.45, 7) is 0.293. The van der Waals surface area contributed by atoms with Crippen molar-refractivity contribution in [3.63, 3.8) is 0 Å². The molecule has 10 heteroatoms. The van der Waals surface area contributed by atoms with E-state index in [9.17, 15) is 14.4 Å². The molecule has 0 radical (unpaired) electrons. The van der Waals surface area contributed by atoms with Crippen LogP contribution in [0.15, 0.2) is 53.1 Å². The van der Waals surface area contributed by atoms with Crippen molar-refractivity contribution in [1.29, 1.82) is 0 Å². The van der Waals surface area contributed by atoms with Crippen molar-refractivity contribution in [3.8, 4) is 22.9 Å². The Hall–Kier alpha value is -4.47. The van der Waals surface area contributed by atoms with E-state index in [0.717, 1.165) is 16.6 Å². The Kier molecular flexibility index (Phi) is 4.47. The third-order valence-corrected chi connectivity index (χ3v) is 6.24. The fourth-order valence-corrected chi connectivity index (χ4v) is 4.47. The van der Waals surface area contributed by atoms with E-state index in [1.54, 1.807) is 30.1 Å². The van der Waals surface area contributed by atoms with Crippen molar-refractivity contribution in [1.82, 2.24) is 25.2 Å². The van der Waals surface area contributed by atoms with E-state index in [1.165, 1.54) is 4.90 Å². The predicted octanol–water partition coefficient (Wildman–Crippen LogP) is 2.45. The predicted molar refractivity (Wildman–Crippen MR) is 119 cm³/mol. The van der Waals surface area contributed by atoms with E-state index in [4.69, 9.17) is 9.15 Å². The number of furan rings is 1. The maximum atomic E-state index is 12.9. The van der Waals surface area contributed by atoms with Crippen LogP contribution in [0.25, 0.3) is 28.1 Å². The van der Waals surface area contributed by atoms with Crippen molar-refractivity contribution in [2.45, 2.75) is 25.4 Å². The molecule has 6 rings (SSSR count). The van der Waals surface area contributed by atoms with Gasteiger partial charge in [0.25, 0.3) is 5.91 Å². The maximum absolute atomic E-state index is 12.9. The van der Waals surface area contributed by atoms with Crippen LogP contribution in [0.1, 0.15) is 28.8 Å². The number of imide groups is 1. The van der Waals surface area contributed by atoms with Gasteiger partial charge < -0.3 is 14.1 Å². The number of rotatable bonds is 4. The molecule has 0 spiro atoms. The maximum Gasteiger partial charge on any atom is 0.255 e. The Balaban J connectivity index is 1.27. The Morgan fingerprint density at radius 1 is 1.12 bits per heavy atom. The van der Waals surface area contributed by atoms with Gasteiger partial charge in [-0.25, -0.2) is 4.68 Å². The van der Waals surface area contributed by atoms with Gasteiger partial charge in [-0.05, 0) is 48.4 Å². The molecule has 1 unspecified atom stereocenters. The van der Waals surface area contributed by atoms with Gasteiger partial charge in [-0.1, -0.05) is 5.21 Å². The van der Waals surface area contributed by atoms with E-state index in [2.05, 4.69) is 15.6 Å². The molecule has 2 aromatic carbocycles. The van der Waals surface area contributed by atoms with E-state index in [1.807, 2.05) is 30.3 Å². The zero-order valence-electron chi connectivity index (χ0n) is 18.1. The quantitative estimate of drug-likeness (QED) is 0.468. The van der Waals surface area contributed by atoms with Gasteiger partial charge in [-0.3, -0.25) is 19.7 Å². The molecule has 1 saturated heterocycles. The molecular formula is C24H19N5O5. The molecule has 2 aliphatic heterocycles. The third kappa shape index (κ3) is 3.22. The molecule has 2 aromatic heterocycles. The number of aromatic nitrogens is 3. The highest BCUT2D eigenvalue weighted by atomic mass is 16.5. The number of methoxy groups -OCH3 is 1. The zero-order chi connectivity index (χ0) is 23.4. The molecule has 1 fully saturated rings. The Bertz CT molecular complexity index is 1490. The first-order valence-electron chi connectivity index (χ1n) is 10.8. The zero-order valence-corrected chi connectivity index (χ0v) is 18.1.